The molecule has 0 saturated heterocycles. The Hall–Kier alpha value is -1.62. The summed E-state index contributed by atoms with van der Waals surface area (Å²) in [6.07, 6.45) is 1.33. The number of aryl methyl sites for hydroxylation is 1. The Morgan fingerprint density at radius 2 is 2.25 bits per heavy atom. The van der Waals surface area contributed by atoms with E-state index in [9.17, 15) is 4.79 Å². The van der Waals surface area contributed by atoms with E-state index in [1.54, 1.807) is 20.8 Å². The third-order valence-electron chi connectivity index (χ3n) is 2.46. The first-order valence-electron chi connectivity index (χ1n) is 4.95. The zero-order valence-electron chi connectivity index (χ0n) is 9.40. The van der Waals surface area contributed by atoms with Crippen molar-refractivity contribution in [3.8, 4) is 5.75 Å². The first kappa shape index (κ1) is 10.9. The molecular weight excluding hydrogens is 210 g/mol. The Labute approximate surface area is 93.0 Å². The van der Waals surface area contributed by atoms with Crippen LogP contribution in [0, 0.1) is 6.92 Å². The van der Waals surface area contributed by atoms with Gasteiger partial charge in [-0.15, -0.1) is 0 Å². The molecule has 5 heteroatoms. The lowest BCUT2D eigenvalue weighted by Crippen LogP contribution is -2.36. The van der Waals surface area contributed by atoms with Gasteiger partial charge in [0.2, 0.25) is 5.79 Å². The highest BCUT2D eigenvalue weighted by Crippen LogP contribution is 2.34. The van der Waals surface area contributed by atoms with E-state index < -0.39 is 11.8 Å². The van der Waals surface area contributed by atoms with Crippen LogP contribution in [0.3, 0.4) is 0 Å². The Balaban J connectivity index is 2.56. The van der Waals surface area contributed by atoms with E-state index in [0.29, 0.717) is 17.0 Å². The van der Waals surface area contributed by atoms with Crippen LogP contribution in [0.4, 0.5) is 0 Å². The van der Waals surface area contributed by atoms with E-state index in [1.165, 1.54) is 6.20 Å². The number of carbonyl (C=O) groups is 1. The summed E-state index contributed by atoms with van der Waals surface area (Å²) in [6, 6.07) is 0. The van der Waals surface area contributed by atoms with Gasteiger partial charge in [0.1, 0.15) is 0 Å². The van der Waals surface area contributed by atoms with Crippen LogP contribution in [0.1, 0.15) is 35.5 Å². The van der Waals surface area contributed by atoms with E-state index in [4.69, 9.17) is 14.6 Å². The van der Waals surface area contributed by atoms with Crippen molar-refractivity contribution in [2.45, 2.75) is 33.2 Å². The maximum Gasteiger partial charge on any atom is 0.337 e. The standard InChI is InChI=1S/C11H13NO4/c1-6-9-8(5-15-11(2,3)16-9)7(4-12-6)10(13)14/h4H,5H2,1-3H3,(H,13,14). The second kappa shape index (κ2) is 3.45. The number of aromatic carboxylic acids is 1. The molecule has 0 aromatic carbocycles. The highest BCUT2D eigenvalue weighted by atomic mass is 16.7. The van der Waals surface area contributed by atoms with E-state index in [2.05, 4.69) is 4.98 Å². The summed E-state index contributed by atoms with van der Waals surface area (Å²) in [7, 11) is 0. The Morgan fingerprint density at radius 1 is 1.56 bits per heavy atom. The van der Waals surface area contributed by atoms with Crippen LogP contribution in [0.15, 0.2) is 6.20 Å². The maximum atomic E-state index is 11.0. The molecule has 2 heterocycles. The van der Waals surface area contributed by atoms with Gasteiger partial charge in [-0.05, 0) is 6.92 Å². The normalized spacial score (nSPS) is 17.4. The van der Waals surface area contributed by atoms with Gasteiger partial charge in [0.25, 0.3) is 0 Å². The van der Waals surface area contributed by atoms with Crippen LogP contribution in [0.25, 0.3) is 0 Å². The van der Waals surface area contributed by atoms with Crippen LogP contribution in [-0.4, -0.2) is 21.8 Å². The second-order valence-electron chi connectivity index (χ2n) is 4.16. The fraction of sp³-hybridized carbons (Fsp3) is 0.455. The molecule has 0 unspecified atom stereocenters. The molecule has 0 bridgehead atoms. The van der Waals surface area contributed by atoms with Gasteiger partial charge >= 0.3 is 5.97 Å². The number of fused-ring (bicyclic) bond motifs is 1. The van der Waals surface area contributed by atoms with Crippen molar-refractivity contribution < 1.29 is 19.4 Å². The molecule has 2 rings (SSSR count). The molecule has 1 aliphatic rings. The van der Waals surface area contributed by atoms with Crippen LogP contribution in [0.5, 0.6) is 5.75 Å². The SMILES string of the molecule is Cc1ncc(C(=O)O)c2c1OC(C)(C)OC2. The number of carboxylic acids is 1. The molecule has 86 valence electrons. The van der Waals surface area contributed by atoms with Crippen LogP contribution in [0.2, 0.25) is 0 Å². The lowest BCUT2D eigenvalue weighted by Gasteiger charge is -2.33. The van der Waals surface area contributed by atoms with Crippen LogP contribution < -0.4 is 4.74 Å². The van der Waals surface area contributed by atoms with Gasteiger partial charge in [0, 0.05) is 25.6 Å². The topological polar surface area (TPSA) is 68.7 Å². The molecule has 5 nitrogen and oxygen atoms in total. The minimum absolute atomic E-state index is 0.135. The molecule has 1 N–H and O–H groups in total. The molecule has 0 spiro atoms. The summed E-state index contributed by atoms with van der Waals surface area (Å²) in [6.45, 7) is 5.57. The van der Waals surface area contributed by atoms with Gasteiger partial charge in [-0.25, -0.2) is 4.79 Å². The number of pyridine rings is 1. The molecule has 0 amide bonds. The molecule has 0 radical (unpaired) electrons. The van der Waals surface area contributed by atoms with Crippen LogP contribution in [-0.2, 0) is 11.3 Å². The van der Waals surface area contributed by atoms with Gasteiger partial charge in [-0.3, -0.25) is 4.98 Å². The van der Waals surface area contributed by atoms with Crippen molar-refractivity contribution in [1.82, 2.24) is 4.98 Å². The van der Waals surface area contributed by atoms with Crippen molar-refractivity contribution in [2.75, 3.05) is 0 Å². The fourth-order valence-corrected chi connectivity index (χ4v) is 1.62. The Morgan fingerprint density at radius 3 is 2.88 bits per heavy atom. The van der Waals surface area contributed by atoms with Crippen molar-refractivity contribution in [3.63, 3.8) is 0 Å². The smallest absolute Gasteiger partial charge is 0.337 e. The van der Waals surface area contributed by atoms with Crippen molar-refractivity contribution >= 4 is 5.97 Å². The first-order valence-corrected chi connectivity index (χ1v) is 4.95. The third-order valence-corrected chi connectivity index (χ3v) is 2.46. The lowest BCUT2D eigenvalue weighted by molar-refractivity contribution is -0.180. The van der Waals surface area contributed by atoms with E-state index >= 15 is 0 Å². The predicted octanol–water partition coefficient (Wildman–Crippen LogP) is 1.73. The van der Waals surface area contributed by atoms with E-state index in [1.807, 2.05) is 0 Å². The molecule has 0 aliphatic carbocycles. The summed E-state index contributed by atoms with van der Waals surface area (Å²) in [5.41, 5.74) is 1.37. The number of hydrogen-bond donors (Lipinski definition) is 1. The number of hydrogen-bond acceptors (Lipinski definition) is 4. The maximum absolute atomic E-state index is 11.0. The molecular formula is C11H13NO4. The minimum Gasteiger partial charge on any atom is -0.478 e. The monoisotopic (exact) mass is 223 g/mol. The minimum atomic E-state index is -1.02. The summed E-state index contributed by atoms with van der Waals surface area (Å²) in [4.78, 5) is 15.0. The molecule has 1 aromatic rings. The van der Waals surface area contributed by atoms with E-state index in [0.717, 1.165) is 0 Å². The number of nitrogens with zero attached hydrogens (tertiary/aromatic N) is 1. The van der Waals surface area contributed by atoms with Crippen molar-refractivity contribution in [3.05, 3.63) is 23.0 Å². The van der Waals surface area contributed by atoms with Gasteiger partial charge in [0.15, 0.2) is 5.75 Å². The quantitative estimate of drug-likeness (QED) is 0.785. The highest BCUT2D eigenvalue weighted by Gasteiger charge is 2.31. The first-order chi connectivity index (χ1) is 7.41. The van der Waals surface area contributed by atoms with Gasteiger partial charge in [-0.2, -0.15) is 0 Å². The predicted molar refractivity (Wildman–Crippen MR) is 55.4 cm³/mol. The molecule has 1 aliphatic heterocycles. The zero-order chi connectivity index (χ0) is 11.9. The average molecular weight is 223 g/mol. The number of carboxylic acid groups (broad SMARTS) is 1. The molecule has 0 saturated carbocycles. The fourth-order valence-electron chi connectivity index (χ4n) is 1.62. The number of aromatic nitrogens is 1. The second-order valence-corrected chi connectivity index (χ2v) is 4.16. The highest BCUT2D eigenvalue weighted by molar-refractivity contribution is 5.90. The zero-order valence-corrected chi connectivity index (χ0v) is 9.40. The summed E-state index contributed by atoms with van der Waals surface area (Å²) in [5, 5.41) is 9.01. The molecule has 0 atom stereocenters. The third kappa shape index (κ3) is 1.74. The van der Waals surface area contributed by atoms with Crippen molar-refractivity contribution in [2.24, 2.45) is 0 Å². The molecule has 0 fully saturated rings. The Kier molecular flexibility index (Phi) is 2.35. The summed E-state index contributed by atoms with van der Waals surface area (Å²) in [5.74, 6) is -1.23. The van der Waals surface area contributed by atoms with Gasteiger partial charge in [0.05, 0.1) is 17.9 Å². The largest absolute Gasteiger partial charge is 0.478 e. The Bertz CT molecular complexity index is 454. The van der Waals surface area contributed by atoms with Gasteiger partial charge in [-0.1, -0.05) is 0 Å². The average Bonchev–Trinajstić information content (AvgIpc) is 2.18. The molecule has 1 aromatic heterocycles. The summed E-state index contributed by atoms with van der Waals surface area (Å²) < 4.78 is 11.0. The number of rotatable bonds is 1. The summed E-state index contributed by atoms with van der Waals surface area (Å²) >= 11 is 0. The van der Waals surface area contributed by atoms with E-state index in [-0.39, 0.29) is 12.2 Å². The van der Waals surface area contributed by atoms with Crippen molar-refractivity contribution in [1.29, 1.82) is 0 Å². The lowest BCUT2D eigenvalue weighted by atomic mass is 10.1. The van der Waals surface area contributed by atoms with Crippen LogP contribution >= 0.6 is 0 Å². The number of ether oxygens (including phenoxy) is 2. The molecule has 16 heavy (non-hydrogen) atoms. The van der Waals surface area contributed by atoms with Gasteiger partial charge < -0.3 is 14.6 Å².